The number of hydrogen-bond donors (Lipinski definition) is 2. The summed E-state index contributed by atoms with van der Waals surface area (Å²) in [5, 5.41) is 14.1. The van der Waals surface area contributed by atoms with Crippen molar-refractivity contribution in [2.24, 2.45) is 0 Å². The van der Waals surface area contributed by atoms with Crippen LogP contribution >= 0.6 is 12.4 Å². The monoisotopic (exact) mass is 314 g/mol. The molecule has 1 aromatic rings. The highest BCUT2D eigenvalue weighted by molar-refractivity contribution is 6.00. The van der Waals surface area contributed by atoms with Crippen molar-refractivity contribution in [1.82, 2.24) is 10.2 Å². The van der Waals surface area contributed by atoms with E-state index in [1.165, 1.54) is 18.2 Å². The predicted octanol–water partition coefficient (Wildman–Crippen LogP) is 1.42. The van der Waals surface area contributed by atoms with Crippen LogP contribution in [0, 0.1) is 10.1 Å². The van der Waals surface area contributed by atoms with E-state index in [1.54, 1.807) is 4.90 Å². The van der Waals surface area contributed by atoms with Crippen molar-refractivity contribution in [3.05, 3.63) is 33.9 Å². The minimum Gasteiger partial charge on any atom is -0.398 e. The van der Waals surface area contributed by atoms with Gasteiger partial charge in [0.15, 0.2) is 0 Å². The number of anilines is 1. The Balaban J connectivity index is 0.00000220. The third-order valence-electron chi connectivity index (χ3n) is 3.77. The van der Waals surface area contributed by atoms with Crippen molar-refractivity contribution in [2.75, 3.05) is 18.8 Å². The standard InChI is InChI=1S/C13H18N4O3.ClH/c1-8-9(2)16(6-5-15-8)13(18)11-7-10(17(19)20)3-4-12(11)14;/h3-4,7-9,15H,5-6,14H2,1-2H3;1H. The van der Waals surface area contributed by atoms with E-state index in [-0.39, 0.29) is 47.3 Å². The summed E-state index contributed by atoms with van der Waals surface area (Å²) in [7, 11) is 0. The van der Waals surface area contributed by atoms with E-state index >= 15 is 0 Å². The molecule has 0 radical (unpaired) electrons. The summed E-state index contributed by atoms with van der Waals surface area (Å²) in [6, 6.07) is 4.14. The first-order chi connectivity index (χ1) is 9.41. The summed E-state index contributed by atoms with van der Waals surface area (Å²) in [4.78, 5) is 24.5. The zero-order valence-electron chi connectivity index (χ0n) is 11.9. The normalized spacial score (nSPS) is 21.5. The van der Waals surface area contributed by atoms with Gasteiger partial charge in [0, 0.05) is 43.0 Å². The van der Waals surface area contributed by atoms with E-state index in [4.69, 9.17) is 5.73 Å². The van der Waals surface area contributed by atoms with Gasteiger partial charge < -0.3 is 16.0 Å². The van der Waals surface area contributed by atoms with Gasteiger partial charge in [-0.15, -0.1) is 12.4 Å². The molecule has 7 nitrogen and oxygen atoms in total. The van der Waals surface area contributed by atoms with Gasteiger partial charge in [0.2, 0.25) is 0 Å². The van der Waals surface area contributed by atoms with Crippen LogP contribution in [0.15, 0.2) is 18.2 Å². The molecule has 1 amide bonds. The lowest BCUT2D eigenvalue weighted by atomic mass is 10.0. The number of piperazine rings is 1. The zero-order valence-corrected chi connectivity index (χ0v) is 12.7. The first kappa shape index (κ1) is 17.2. The van der Waals surface area contributed by atoms with Crippen LogP contribution in [-0.2, 0) is 0 Å². The molecule has 0 bridgehead atoms. The summed E-state index contributed by atoms with van der Waals surface area (Å²) in [5.74, 6) is -0.257. The van der Waals surface area contributed by atoms with Gasteiger partial charge >= 0.3 is 0 Å². The molecule has 0 spiro atoms. The third-order valence-corrected chi connectivity index (χ3v) is 3.77. The number of rotatable bonds is 2. The number of non-ortho nitro benzene ring substituents is 1. The Morgan fingerprint density at radius 2 is 2.14 bits per heavy atom. The molecular formula is C13H19ClN4O3. The summed E-state index contributed by atoms with van der Waals surface area (Å²) in [5.41, 5.74) is 6.12. The summed E-state index contributed by atoms with van der Waals surface area (Å²) >= 11 is 0. The van der Waals surface area contributed by atoms with E-state index in [9.17, 15) is 14.9 Å². The quantitative estimate of drug-likeness (QED) is 0.488. The van der Waals surface area contributed by atoms with Gasteiger partial charge in [-0.1, -0.05) is 0 Å². The van der Waals surface area contributed by atoms with Crippen molar-refractivity contribution in [3.63, 3.8) is 0 Å². The number of amides is 1. The fourth-order valence-corrected chi connectivity index (χ4v) is 2.34. The Bertz CT molecular complexity index is 552. The summed E-state index contributed by atoms with van der Waals surface area (Å²) < 4.78 is 0. The molecule has 1 aliphatic rings. The molecule has 3 N–H and O–H groups in total. The SMILES string of the molecule is CC1NCCN(C(=O)c2cc([N+](=O)[O-])ccc2N)C1C.Cl. The largest absolute Gasteiger partial charge is 0.398 e. The molecular weight excluding hydrogens is 296 g/mol. The molecule has 116 valence electrons. The van der Waals surface area contributed by atoms with Crippen molar-refractivity contribution >= 4 is 29.7 Å². The minimum atomic E-state index is -0.528. The number of nitro benzene ring substituents is 1. The third kappa shape index (κ3) is 3.43. The van der Waals surface area contributed by atoms with E-state index in [1.807, 2.05) is 13.8 Å². The second kappa shape index (κ2) is 6.73. The lowest BCUT2D eigenvalue weighted by molar-refractivity contribution is -0.384. The fourth-order valence-electron chi connectivity index (χ4n) is 2.34. The number of nitrogen functional groups attached to an aromatic ring is 1. The van der Waals surface area contributed by atoms with E-state index in [0.717, 1.165) is 0 Å². The Hall–Kier alpha value is -1.86. The molecule has 21 heavy (non-hydrogen) atoms. The molecule has 1 heterocycles. The summed E-state index contributed by atoms with van der Waals surface area (Å²) in [6.45, 7) is 5.21. The van der Waals surface area contributed by atoms with E-state index in [2.05, 4.69) is 5.32 Å². The molecule has 1 fully saturated rings. The maximum atomic E-state index is 12.5. The average Bonchev–Trinajstić information content (AvgIpc) is 2.41. The van der Waals surface area contributed by atoms with Crippen molar-refractivity contribution in [1.29, 1.82) is 0 Å². The molecule has 0 aromatic heterocycles. The first-order valence-corrected chi connectivity index (χ1v) is 6.50. The zero-order chi connectivity index (χ0) is 14.9. The number of carbonyl (C=O) groups excluding carboxylic acids is 1. The number of nitro groups is 1. The van der Waals surface area contributed by atoms with Gasteiger partial charge in [-0.2, -0.15) is 0 Å². The molecule has 1 aromatic carbocycles. The van der Waals surface area contributed by atoms with E-state index < -0.39 is 4.92 Å². The molecule has 0 saturated carbocycles. The molecule has 8 heteroatoms. The van der Waals surface area contributed by atoms with Gasteiger partial charge in [-0.05, 0) is 19.9 Å². The van der Waals surface area contributed by atoms with Gasteiger partial charge in [0.1, 0.15) is 0 Å². The van der Waals surface area contributed by atoms with Gasteiger partial charge in [0.25, 0.3) is 11.6 Å². The maximum Gasteiger partial charge on any atom is 0.270 e. The van der Waals surface area contributed by atoms with Gasteiger partial charge in [-0.25, -0.2) is 0 Å². The molecule has 0 aliphatic carbocycles. The molecule has 2 rings (SSSR count). The lowest BCUT2D eigenvalue weighted by Gasteiger charge is -2.38. The van der Waals surface area contributed by atoms with Gasteiger partial charge in [-0.3, -0.25) is 14.9 Å². The number of hydrogen-bond acceptors (Lipinski definition) is 5. The van der Waals surface area contributed by atoms with Crippen LogP contribution in [0.3, 0.4) is 0 Å². The Morgan fingerprint density at radius 3 is 2.76 bits per heavy atom. The van der Waals surface area contributed by atoms with Crippen LogP contribution in [0.4, 0.5) is 11.4 Å². The molecule has 2 atom stereocenters. The maximum absolute atomic E-state index is 12.5. The fraction of sp³-hybridized carbons (Fsp3) is 0.462. The van der Waals surface area contributed by atoms with Crippen molar-refractivity contribution in [2.45, 2.75) is 25.9 Å². The topological polar surface area (TPSA) is 102 Å². The second-order valence-electron chi connectivity index (χ2n) is 5.01. The predicted molar refractivity (Wildman–Crippen MR) is 82.7 cm³/mol. The average molecular weight is 315 g/mol. The highest BCUT2D eigenvalue weighted by Gasteiger charge is 2.30. The number of nitrogens with one attached hydrogen (secondary N) is 1. The van der Waals surface area contributed by atoms with Gasteiger partial charge in [0.05, 0.1) is 10.5 Å². The lowest BCUT2D eigenvalue weighted by Crippen LogP contribution is -2.57. The Kier molecular flexibility index (Phi) is 5.51. The first-order valence-electron chi connectivity index (χ1n) is 6.50. The van der Waals surface area contributed by atoms with Crippen LogP contribution in [0.1, 0.15) is 24.2 Å². The number of benzene rings is 1. The number of carbonyl (C=O) groups is 1. The second-order valence-corrected chi connectivity index (χ2v) is 5.01. The van der Waals surface area contributed by atoms with Crippen molar-refractivity contribution < 1.29 is 9.72 Å². The van der Waals surface area contributed by atoms with Crippen LogP contribution in [0.25, 0.3) is 0 Å². The van der Waals surface area contributed by atoms with Crippen LogP contribution in [0.5, 0.6) is 0 Å². The Labute approximate surface area is 129 Å². The molecule has 1 saturated heterocycles. The van der Waals surface area contributed by atoms with Crippen LogP contribution in [0.2, 0.25) is 0 Å². The summed E-state index contributed by atoms with van der Waals surface area (Å²) in [6.07, 6.45) is 0. The number of nitrogens with two attached hydrogens (primary N) is 1. The molecule has 1 aliphatic heterocycles. The van der Waals surface area contributed by atoms with Crippen LogP contribution < -0.4 is 11.1 Å². The Morgan fingerprint density at radius 1 is 1.48 bits per heavy atom. The smallest absolute Gasteiger partial charge is 0.270 e. The number of halogens is 1. The van der Waals surface area contributed by atoms with Crippen molar-refractivity contribution in [3.8, 4) is 0 Å². The highest BCUT2D eigenvalue weighted by Crippen LogP contribution is 2.23. The van der Waals surface area contributed by atoms with E-state index in [0.29, 0.717) is 13.1 Å². The molecule has 2 unspecified atom stereocenters. The van der Waals surface area contributed by atoms with Crippen LogP contribution in [-0.4, -0.2) is 40.9 Å². The number of nitrogens with zero attached hydrogens (tertiary/aromatic N) is 2. The minimum absolute atomic E-state index is 0. The highest BCUT2D eigenvalue weighted by atomic mass is 35.5.